The molecule has 1 aliphatic heterocycles. The Bertz CT molecular complexity index is 901. The fraction of sp³-hybridized carbons (Fsp3) is 0.346. The smallest absolute Gasteiger partial charge is 0.0541 e. The minimum Gasteiger partial charge on any atom is -0.311 e. The molecule has 0 unspecified atom stereocenters. The van der Waals surface area contributed by atoms with Gasteiger partial charge in [0.15, 0.2) is 0 Å². The van der Waals surface area contributed by atoms with E-state index in [1.54, 1.807) is 0 Å². The van der Waals surface area contributed by atoms with E-state index in [0.29, 0.717) is 0 Å². The van der Waals surface area contributed by atoms with Crippen molar-refractivity contribution in [1.82, 2.24) is 25.8 Å². The van der Waals surface area contributed by atoms with Crippen LogP contribution in [-0.4, -0.2) is 36.1 Å². The van der Waals surface area contributed by atoms with Gasteiger partial charge in [0.1, 0.15) is 0 Å². The monoisotopic (exact) mass is 415 g/mol. The highest BCUT2D eigenvalue weighted by atomic mass is 15.1. The number of nitrogens with zero attached hydrogens (tertiary/aromatic N) is 2. The third kappa shape index (κ3) is 7.26. The van der Waals surface area contributed by atoms with E-state index in [1.807, 2.05) is 18.3 Å². The lowest BCUT2D eigenvalue weighted by molar-refractivity contribution is 0.263. The lowest BCUT2D eigenvalue weighted by Gasteiger charge is -2.24. The van der Waals surface area contributed by atoms with Gasteiger partial charge in [-0.15, -0.1) is 0 Å². The normalized spacial score (nSPS) is 15.7. The van der Waals surface area contributed by atoms with Crippen LogP contribution in [0.15, 0.2) is 72.9 Å². The average molecular weight is 416 g/mol. The summed E-state index contributed by atoms with van der Waals surface area (Å²) in [4.78, 5) is 6.91. The zero-order chi connectivity index (χ0) is 21.1. The summed E-state index contributed by atoms with van der Waals surface area (Å²) in [6, 6.07) is 23.8. The van der Waals surface area contributed by atoms with Gasteiger partial charge in [-0.25, -0.2) is 0 Å². The summed E-state index contributed by atoms with van der Waals surface area (Å²) in [6.07, 6.45) is 1.84. The zero-order valence-corrected chi connectivity index (χ0v) is 18.2. The van der Waals surface area contributed by atoms with Crippen LogP contribution in [-0.2, 0) is 32.7 Å². The van der Waals surface area contributed by atoms with E-state index in [0.717, 1.165) is 64.6 Å². The molecule has 3 N–H and O–H groups in total. The second kappa shape index (κ2) is 11.7. The van der Waals surface area contributed by atoms with Gasteiger partial charge in [-0.05, 0) is 34.4 Å². The van der Waals surface area contributed by atoms with Gasteiger partial charge < -0.3 is 16.0 Å². The van der Waals surface area contributed by atoms with Crippen LogP contribution in [0, 0.1) is 0 Å². The molecule has 2 bridgehead atoms. The van der Waals surface area contributed by atoms with Crippen molar-refractivity contribution >= 4 is 0 Å². The Morgan fingerprint density at radius 2 is 1.52 bits per heavy atom. The van der Waals surface area contributed by atoms with E-state index in [4.69, 9.17) is 0 Å². The van der Waals surface area contributed by atoms with Crippen LogP contribution in [0.3, 0.4) is 0 Å². The summed E-state index contributed by atoms with van der Waals surface area (Å²) in [5, 5.41) is 10.7. The molecule has 1 aromatic heterocycles. The molecule has 0 atom stereocenters. The minimum atomic E-state index is 0.788. The molecule has 1 aliphatic rings. The first-order chi connectivity index (χ1) is 15.3. The molecule has 5 nitrogen and oxygen atoms in total. The van der Waals surface area contributed by atoms with Crippen LogP contribution < -0.4 is 16.0 Å². The van der Waals surface area contributed by atoms with Gasteiger partial charge in [-0.2, -0.15) is 0 Å². The molecular formula is C26H33N5. The zero-order valence-electron chi connectivity index (χ0n) is 18.2. The molecule has 31 heavy (non-hydrogen) atoms. The Morgan fingerprint density at radius 3 is 2.26 bits per heavy atom. The number of aromatic nitrogens is 1. The van der Waals surface area contributed by atoms with Gasteiger partial charge in [-0.1, -0.05) is 54.6 Å². The number of fused-ring (bicyclic) bond motifs is 2. The number of hydrogen-bond acceptors (Lipinski definition) is 5. The van der Waals surface area contributed by atoms with Crippen molar-refractivity contribution in [2.45, 2.75) is 32.7 Å². The molecule has 0 aliphatic carbocycles. The molecule has 2 aromatic carbocycles. The Balaban J connectivity index is 1.29. The van der Waals surface area contributed by atoms with Crippen LogP contribution in [0.1, 0.15) is 27.9 Å². The van der Waals surface area contributed by atoms with Crippen LogP contribution in [0.4, 0.5) is 0 Å². The Labute approximate surface area is 185 Å². The summed E-state index contributed by atoms with van der Waals surface area (Å²) in [7, 11) is 0. The summed E-state index contributed by atoms with van der Waals surface area (Å²) in [5.74, 6) is 0. The maximum Gasteiger partial charge on any atom is 0.0541 e. The molecule has 162 valence electrons. The maximum atomic E-state index is 4.38. The Morgan fingerprint density at radius 1 is 0.774 bits per heavy atom. The van der Waals surface area contributed by atoms with E-state index >= 15 is 0 Å². The van der Waals surface area contributed by atoms with Gasteiger partial charge >= 0.3 is 0 Å². The van der Waals surface area contributed by atoms with Crippen molar-refractivity contribution in [1.29, 1.82) is 0 Å². The van der Waals surface area contributed by atoms with E-state index < -0.39 is 0 Å². The fourth-order valence-electron chi connectivity index (χ4n) is 3.99. The minimum absolute atomic E-state index is 0.788. The highest BCUT2D eigenvalue weighted by Crippen LogP contribution is 2.10. The molecule has 2 heterocycles. The Hall–Kier alpha value is -2.57. The lowest BCUT2D eigenvalue weighted by atomic mass is 10.1. The van der Waals surface area contributed by atoms with Crippen LogP contribution in [0.25, 0.3) is 0 Å². The van der Waals surface area contributed by atoms with Gasteiger partial charge in [0.05, 0.1) is 5.69 Å². The van der Waals surface area contributed by atoms with Crippen molar-refractivity contribution in [2.24, 2.45) is 0 Å². The first-order valence-corrected chi connectivity index (χ1v) is 11.3. The molecule has 0 amide bonds. The second-order valence-corrected chi connectivity index (χ2v) is 8.19. The first kappa shape index (κ1) is 21.7. The number of pyridine rings is 1. The standard InChI is InChI=1S/C26H33N5/c1-2-10-30-26(9-1)20-29-19-24-7-4-8-25(16-24)21-31-13-11-27-17-22-5-3-6-23(15-22)18-28-12-14-31/h1-10,15-16,27-29H,11-14,17-21H2. The number of benzene rings is 2. The largest absolute Gasteiger partial charge is 0.311 e. The summed E-state index contributed by atoms with van der Waals surface area (Å²) in [6.45, 7) is 8.56. The fourth-order valence-corrected chi connectivity index (χ4v) is 3.99. The van der Waals surface area contributed by atoms with E-state index in [-0.39, 0.29) is 0 Å². The van der Waals surface area contributed by atoms with Crippen molar-refractivity contribution in [3.8, 4) is 0 Å². The molecule has 0 spiro atoms. The molecule has 0 saturated heterocycles. The molecule has 0 fully saturated rings. The average Bonchev–Trinajstić information content (AvgIpc) is 2.80. The van der Waals surface area contributed by atoms with Gasteiger partial charge in [0.25, 0.3) is 0 Å². The predicted octanol–water partition coefficient (Wildman–Crippen LogP) is 3.07. The van der Waals surface area contributed by atoms with Crippen LogP contribution in [0.5, 0.6) is 0 Å². The first-order valence-electron chi connectivity index (χ1n) is 11.3. The third-order valence-corrected chi connectivity index (χ3v) is 5.62. The van der Waals surface area contributed by atoms with Crippen LogP contribution >= 0.6 is 0 Å². The second-order valence-electron chi connectivity index (χ2n) is 8.19. The quantitative estimate of drug-likeness (QED) is 0.578. The van der Waals surface area contributed by atoms with Crippen molar-refractivity contribution in [2.75, 3.05) is 26.2 Å². The molecule has 3 aromatic rings. The van der Waals surface area contributed by atoms with Crippen molar-refractivity contribution in [3.05, 3.63) is 101 Å². The van der Waals surface area contributed by atoms with E-state index in [9.17, 15) is 0 Å². The number of rotatable bonds is 6. The third-order valence-electron chi connectivity index (χ3n) is 5.62. The molecule has 0 radical (unpaired) electrons. The van der Waals surface area contributed by atoms with Gasteiger partial charge in [0.2, 0.25) is 0 Å². The number of hydrogen-bond donors (Lipinski definition) is 3. The SMILES string of the molecule is c1ccc(CNCc2cccc(CN3CCNCc4cccc(c4)CNCC3)c2)nc1. The lowest BCUT2D eigenvalue weighted by Crippen LogP contribution is -2.36. The van der Waals surface area contributed by atoms with E-state index in [2.05, 4.69) is 80.4 Å². The van der Waals surface area contributed by atoms with Crippen LogP contribution in [0.2, 0.25) is 0 Å². The van der Waals surface area contributed by atoms with Crippen molar-refractivity contribution in [3.63, 3.8) is 0 Å². The van der Waals surface area contributed by atoms with Crippen molar-refractivity contribution < 1.29 is 0 Å². The molecule has 5 heteroatoms. The molecular weight excluding hydrogens is 382 g/mol. The Kier molecular flexibility index (Phi) is 8.19. The predicted molar refractivity (Wildman–Crippen MR) is 126 cm³/mol. The summed E-state index contributed by atoms with van der Waals surface area (Å²) < 4.78 is 0. The number of nitrogens with one attached hydrogen (secondary N) is 3. The highest BCUT2D eigenvalue weighted by Gasteiger charge is 2.08. The van der Waals surface area contributed by atoms with E-state index in [1.165, 1.54) is 22.3 Å². The topological polar surface area (TPSA) is 52.2 Å². The van der Waals surface area contributed by atoms with Gasteiger partial charge in [-0.3, -0.25) is 9.88 Å². The highest BCUT2D eigenvalue weighted by molar-refractivity contribution is 5.24. The maximum absolute atomic E-state index is 4.38. The molecule has 0 saturated carbocycles. The summed E-state index contributed by atoms with van der Waals surface area (Å²) >= 11 is 0. The summed E-state index contributed by atoms with van der Waals surface area (Å²) in [5.41, 5.74) is 6.48. The molecule has 4 rings (SSSR count). The van der Waals surface area contributed by atoms with Gasteiger partial charge in [0, 0.05) is 65.1 Å².